The fraction of sp³-hybridized carbons (Fsp3) is 0.600. The second-order valence-corrected chi connectivity index (χ2v) is 13.0. The van der Waals surface area contributed by atoms with Crippen molar-refractivity contribution in [3.05, 3.63) is 35.0 Å². The molecule has 0 N–H and O–H groups in total. The maximum Gasteiger partial charge on any atom is 0.233 e. The molecule has 6 rings (SSSR count). The number of fused-ring (bicyclic) bond motifs is 1. The predicted octanol–water partition coefficient (Wildman–Crippen LogP) is 3.91. The molecule has 3 fully saturated rings. The van der Waals surface area contributed by atoms with Gasteiger partial charge in [0.2, 0.25) is 18.6 Å². The van der Waals surface area contributed by atoms with Crippen LogP contribution >= 0.6 is 23.4 Å². The van der Waals surface area contributed by atoms with Crippen molar-refractivity contribution in [2.75, 3.05) is 63.3 Å². The number of thioether (sulfide) groups is 1. The lowest BCUT2D eigenvalue weighted by molar-refractivity contribution is -0.139. The van der Waals surface area contributed by atoms with E-state index in [0.717, 1.165) is 62.6 Å². The summed E-state index contributed by atoms with van der Waals surface area (Å²) in [5.41, 5.74) is 1.18. The molecule has 42 heavy (non-hydrogen) atoms. The van der Waals surface area contributed by atoms with E-state index >= 15 is 0 Å². The highest BCUT2D eigenvalue weighted by molar-refractivity contribution is 7.99. The Morgan fingerprint density at radius 2 is 1.76 bits per heavy atom. The number of hydrogen-bond acceptors (Lipinski definition) is 9. The summed E-state index contributed by atoms with van der Waals surface area (Å²) in [6.07, 6.45) is 5.59. The van der Waals surface area contributed by atoms with E-state index in [2.05, 4.69) is 32.7 Å². The molecule has 1 saturated carbocycles. The molecule has 1 aromatic heterocycles. The van der Waals surface area contributed by atoms with Gasteiger partial charge in [0, 0.05) is 70.4 Å². The summed E-state index contributed by atoms with van der Waals surface area (Å²) in [5.74, 6) is 3.18. The molecule has 0 bridgehead atoms. The number of amides is 2. The number of piperazine rings is 2. The molecule has 2 saturated heterocycles. The van der Waals surface area contributed by atoms with Crippen LogP contribution in [0.25, 0.3) is 0 Å². The lowest BCUT2D eigenvalue weighted by Gasteiger charge is -2.42. The van der Waals surface area contributed by atoms with Gasteiger partial charge in [0.05, 0.1) is 5.75 Å². The van der Waals surface area contributed by atoms with Gasteiger partial charge in [-0.15, -0.1) is 0 Å². The number of halogens is 1. The third-order valence-electron chi connectivity index (χ3n) is 8.74. The average Bonchev–Trinajstić information content (AvgIpc) is 3.48. The van der Waals surface area contributed by atoms with Crippen molar-refractivity contribution in [1.29, 1.82) is 0 Å². The molecule has 1 aromatic carbocycles. The summed E-state index contributed by atoms with van der Waals surface area (Å²) in [4.78, 5) is 43.8. The third kappa shape index (κ3) is 6.89. The Bertz CT molecular complexity index is 1290. The Kier molecular flexibility index (Phi) is 9.26. The summed E-state index contributed by atoms with van der Waals surface area (Å²) >= 11 is 7.72. The highest BCUT2D eigenvalue weighted by Crippen LogP contribution is 2.33. The lowest BCUT2D eigenvalue weighted by Crippen LogP contribution is -2.55. The summed E-state index contributed by atoms with van der Waals surface area (Å²) < 4.78 is 10.9. The van der Waals surface area contributed by atoms with Gasteiger partial charge in [0.15, 0.2) is 16.7 Å². The molecule has 1 aliphatic carbocycles. The number of ether oxygens (including phenoxy) is 2. The fourth-order valence-corrected chi connectivity index (χ4v) is 7.34. The van der Waals surface area contributed by atoms with Crippen molar-refractivity contribution in [3.8, 4) is 11.5 Å². The van der Waals surface area contributed by atoms with Gasteiger partial charge in [-0.1, -0.05) is 48.7 Å². The summed E-state index contributed by atoms with van der Waals surface area (Å²) in [5, 5.41) is 0.862. The van der Waals surface area contributed by atoms with Crippen LogP contribution in [-0.2, 0) is 16.1 Å². The molecular formula is C30H39ClN6O4S. The van der Waals surface area contributed by atoms with Crippen molar-refractivity contribution in [1.82, 2.24) is 24.7 Å². The first-order chi connectivity index (χ1) is 20.4. The van der Waals surface area contributed by atoms with E-state index in [1.807, 2.05) is 17.0 Å². The molecule has 3 aliphatic heterocycles. The van der Waals surface area contributed by atoms with Crippen LogP contribution in [0.1, 0.15) is 44.6 Å². The fourth-order valence-electron chi connectivity index (χ4n) is 6.36. The van der Waals surface area contributed by atoms with Crippen LogP contribution in [0.15, 0.2) is 29.4 Å². The van der Waals surface area contributed by atoms with Gasteiger partial charge in [-0.3, -0.25) is 14.5 Å². The van der Waals surface area contributed by atoms with E-state index < -0.39 is 0 Å². The number of nitrogens with zero attached hydrogens (tertiary/aromatic N) is 6. The summed E-state index contributed by atoms with van der Waals surface area (Å²) in [7, 11) is 0. The number of hydrogen-bond donors (Lipinski definition) is 0. The summed E-state index contributed by atoms with van der Waals surface area (Å²) in [6, 6.07) is 7.94. The first-order valence-corrected chi connectivity index (χ1v) is 16.4. The molecule has 226 valence electrons. The van der Waals surface area contributed by atoms with Gasteiger partial charge in [0.25, 0.3) is 0 Å². The monoisotopic (exact) mass is 614 g/mol. The zero-order chi connectivity index (χ0) is 29.1. The molecule has 12 heteroatoms. The van der Waals surface area contributed by atoms with Crippen molar-refractivity contribution in [2.24, 2.45) is 5.92 Å². The highest BCUT2D eigenvalue weighted by atomic mass is 35.5. The Balaban J connectivity index is 0.977. The van der Waals surface area contributed by atoms with E-state index in [0.29, 0.717) is 48.9 Å². The van der Waals surface area contributed by atoms with Gasteiger partial charge >= 0.3 is 0 Å². The van der Waals surface area contributed by atoms with E-state index in [1.165, 1.54) is 23.7 Å². The molecule has 1 unspecified atom stereocenters. The minimum absolute atomic E-state index is 0.0799. The first kappa shape index (κ1) is 29.3. The van der Waals surface area contributed by atoms with E-state index in [9.17, 15) is 9.59 Å². The van der Waals surface area contributed by atoms with Crippen molar-refractivity contribution in [2.45, 2.75) is 56.8 Å². The van der Waals surface area contributed by atoms with Crippen LogP contribution in [0.3, 0.4) is 0 Å². The van der Waals surface area contributed by atoms with E-state index in [-0.39, 0.29) is 30.4 Å². The Morgan fingerprint density at radius 3 is 2.55 bits per heavy atom. The smallest absolute Gasteiger partial charge is 0.233 e. The van der Waals surface area contributed by atoms with E-state index in [4.69, 9.17) is 26.1 Å². The zero-order valence-electron chi connectivity index (χ0n) is 24.2. The highest BCUT2D eigenvalue weighted by Gasteiger charge is 2.33. The molecule has 10 nitrogen and oxygen atoms in total. The lowest BCUT2D eigenvalue weighted by atomic mass is 9.88. The summed E-state index contributed by atoms with van der Waals surface area (Å²) in [6.45, 7) is 8.29. The van der Waals surface area contributed by atoms with Crippen molar-refractivity contribution >= 4 is 41.0 Å². The Morgan fingerprint density at radius 1 is 0.976 bits per heavy atom. The molecule has 0 radical (unpaired) electrons. The Labute approximate surface area is 256 Å². The maximum absolute atomic E-state index is 13.1. The predicted molar refractivity (Wildman–Crippen MR) is 162 cm³/mol. The second-order valence-electron chi connectivity index (χ2n) is 11.6. The van der Waals surface area contributed by atoms with E-state index in [1.54, 1.807) is 6.07 Å². The van der Waals surface area contributed by atoms with Crippen LogP contribution in [-0.4, -0.2) is 101 Å². The molecular weight excluding hydrogens is 576 g/mol. The maximum atomic E-state index is 13.1. The third-order valence-corrected chi connectivity index (χ3v) is 9.77. The van der Waals surface area contributed by atoms with Crippen LogP contribution in [0.2, 0.25) is 5.15 Å². The zero-order valence-corrected chi connectivity index (χ0v) is 25.7. The average molecular weight is 615 g/mol. The minimum atomic E-state index is 0.0799. The van der Waals surface area contributed by atoms with Crippen molar-refractivity contribution < 1.29 is 19.1 Å². The number of carbonyl (C=O) groups excluding carboxylic acids is 2. The number of benzene rings is 1. The normalized spacial score (nSPS) is 21.6. The van der Waals surface area contributed by atoms with Crippen molar-refractivity contribution in [3.63, 3.8) is 0 Å². The van der Waals surface area contributed by atoms with Gasteiger partial charge in [-0.25, -0.2) is 9.97 Å². The number of carbonyl (C=O) groups is 2. The minimum Gasteiger partial charge on any atom is -0.454 e. The van der Waals surface area contributed by atoms with Gasteiger partial charge in [0.1, 0.15) is 11.0 Å². The van der Waals surface area contributed by atoms with Crippen LogP contribution in [0.5, 0.6) is 11.5 Å². The van der Waals surface area contributed by atoms with Crippen LogP contribution in [0, 0.1) is 5.92 Å². The number of anilines is 1. The molecule has 0 spiro atoms. The molecule has 4 aliphatic rings. The standard InChI is InChI=1S/C30H39ClN6O4S/c1-21-17-36(13-14-37(21)29(39)23-5-3-2-4-6-23)27-16-26(31)32-30(33-27)42-19-28(38)35-11-9-34(10-12-35)18-22-7-8-24-25(15-22)41-20-40-24/h7-8,15-16,21,23H,2-6,9-14,17-20H2,1H3. The molecule has 4 heterocycles. The van der Waals surface area contributed by atoms with Gasteiger partial charge < -0.3 is 24.2 Å². The van der Waals surface area contributed by atoms with Gasteiger partial charge in [-0.05, 0) is 37.5 Å². The quantitative estimate of drug-likeness (QED) is 0.261. The first-order valence-electron chi connectivity index (χ1n) is 15.0. The number of rotatable bonds is 7. The van der Waals surface area contributed by atoms with Crippen LogP contribution in [0.4, 0.5) is 5.82 Å². The van der Waals surface area contributed by atoms with Crippen LogP contribution < -0.4 is 14.4 Å². The topological polar surface area (TPSA) is 91.3 Å². The molecule has 1 atom stereocenters. The largest absolute Gasteiger partial charge is 0.454 e. The molecule has 2 amide bonds. The second kappa shape index (κ2) is 13.3. The molecule has 2 aromatic rings. The van der Waals surface area contributed by atoms with Gasteiger partial charge in [-0.2, -0.15) is 0 Å². The SMILES string of the molecule is CC1CN(c2cc(Cl)nc(SCC(=O)N3CCN(Cc4ccc5c(c4)OCO5)CC3)n2)CCN1C(=O)C1CCCCC1. The Hall–Kier alpha value is -2.76. The number of aromatic nitrogens is 2.